The Bertz CT molecular complexity index is 618. The van der Waals surface area contributed by atoms with Gasteiger partial charge in [0.05, 0.1) is 5.69 Å². The van der Waals surface area contributed by atoms with Gasteiger partial charge < -0.3 is 4.74 Å². The highest BCUT2D eigenvalue weighted by Gasteiger charge is 2.26. The van der Waals surface area contributed by atoms with Gasteiger partial charge in [-0.25, -0.2) is 0 Å². The van der Waals surface area contributed by atoms with E-state index in [9.17, 15) is 4.79 Å². The number of methoxy groups -OCH3 is 1. The summed E-state index contributed by atoms with van der Waals surface area (Å²) in [5.74, 6) is 0.323. The van der Waals surface area contributed by atoms with Gasteiger partial charge in [-0.05, 0) is 12.8 Å². The summed E-state index contributed by atoms with van der Waals surface area (Å²) >= 11 is 1.41. The van der Waals surface area contributed by atoms with Crippen LogP contribution in [0.5, 0.6) is 0 Å². The molecule has 3 rings (SSSR count). The number of carbonyl (C=O) groups excluding carboxylic acids is 1. The molecule has 1 saturated carbocycles. The van der Waals surface area contributed by atoms with E-state index in [1.807, 2.05) is 0 Å². The minimum atomic E-state index is 0.323. The van der Waals surface area contributed by atoms with Gasteiger partial charge in [0, 0.05) is 13.0 Å². The van der Waals surface area contributed by atoms with Crippen molar-refractivity contribution in [2.45, 2.75) is 44.6 Å². The second-order valence-corrected chi connectivity index (χ2v) is 6.18. The minimum Gasteiger partial charge on any atom is -0.377 e. The Kier molecular flexibility index (Phi) is 4.35. The quantitative estimate of drug-likeness (QED) is 0.787. The summed E-state index contributed by atoms with van der Waals surface area (Å²) < 4.78 is 6.73. The molecule has 0 spiro atoms. The molecule has 0 aliphatic heterocycles. The Morgan fingerprint density at radius 2 is 2.10 bits per heavy atom. The maximum absolute atomic E-state index is 11.3. The molecule has 0 unspecified atom stereocenters. The zero-order valence-electron chi connectivity index (χ0n) is 11.9. The van der Waals surface area contributed by atoms with E-state index in [-0.39, 0.29) is 0 Å². The van der Waals surface area contributed by atoms with Crippen LogP contribution in [0.15, 0.2) is 0 Å². The summed E-state index contributed by atoms with van der Waals surface area (Å²) in [5.41, 5.74) is 1.30. The Morgan fingerprint density at radius 3 is 2.81 bits per heavy atom. The van der Waals surface area contributed by atoms with Crippen molar-refractivity contribution in [1.82, 2.24) is 25.2 Å². The van der Waals surface area contributed by atoms with Gasteiger partial charge in [0.2, 0.25) is 5.13 Å². The standard InChI is InChI=1S/C13H17N5O2S/c1-20-8-11-15-16-13(21-11)18-12(10(7-19)14-17-18)9-5-3-2-4-6-9/h7,9H,2-6,8H2,1H3. The molecule has 21 heavy (non-hydrogen) atoms. The second-order valence-electron chi connectivity index (χ2n) is 5.14. The van der Waals surface area contributed by atoms with Crippen molar-refractivity contribution in [2.24, 2.45) is 0 Å². The highest BCUT2D eigenvalue weighted by molar-refractivity contribution is 7.13. The third-order valence-electron chi connectivity index (χ3n) is 3.74. The smallest absolute Gasteiger partial charge is 0.234 e. The first kappa shape index (κ1) is 14.3. The average molecular weight is 307 g/mol. The maximum Gasteiger partial charge on any atom is 0.234 e. The molecule has 2 heterocycles. The van der Waals surface area contributed by atoms with Gasteiger partial charge in [-0.15, -0.1) is 15.3 Å². The lowest BCUT2D eigenvalue weighted by atomic mass is 9.86. The number of hydrogen-bond acceptors (Lipinski definition) is 7. The van der Waals surface area contributed by atoms with Gasteiger partial charge in [-0.1, -0.05) is 35.8 Å². The molecule has 0 saturated heterocycles. The lowest BCUT2D eigenvalue weighted by molar-refractivity contribution is 0.111. The molecule has 1 fully saturated rings. The lowest BCUT2D eigenvalue weighted by Gasteiger charge is -2.21. The lowest BCUT2D eigenvalue weighted by Crippen LogP contribution is -2.12. The SMILES string of the molecule is COCc1nnc(-n2nnc(C=O)c2C2CCCCC2)s1. The van der Waals surface area contributed by atoms with Crippen molar-refractivity contribution in [3.63, 3.8) is 0 Å². The Balaban J connectivity index is 1.97. The zero-order valence-corrected chi connectivity index (χ0v) is 12.7. The fourth-order valence-electron chi connectivity index (χ4n) is 2.80. The summed E-state index contributed by atoms with van der Waals surface area (Å²) in [6, 6.07) is 0. The Hall–Kier alpha value is -1.67. The van der Waals surface area contributed by atoms with Crippen LogP contribution in [-0.2, 0) is 11.3 Å². The molecule has 8 heteroatoms. The number of aromatic nitrogens is 5. The van der Waals surface area contributed by atoms with Gasteiger partial charge in [0.25, 0.3) is 0 Å². The normalized spacial score (nSPS) is 16.2. The van der Waals surface area contributed by atoms with E-state index in [0.29, 0.717) is 23.4 Å². The minimum absolute atomic E-state index is 0.323. The van der Waals surface area contributed by atoms with E-state index in [1.165, 1.54) is 30.6 Å². The molecule has 112 valence electrons. The first-order valence-electron chi connectivity index (χ1n) is 7.06. The molecule has 1 aliphatic carbocycles. The van der Waals surface area contributed by atoms with E-state index >= 15 is 0 Å². The molecule has 1 aliphatic rings. The molecule has 0 atom stereocenters. The first-order valence-corrected chi connectivity index (χ1v) is 7.87. The van der Waals surface area contributed by atoms with Crippen molar-refractivity contribution in [1.29, 1.82) is 0 Å². The number of nitrogens with zero attached hydrogens (tertiary/aromatic N) is 5. The third kappa shape index (κ3) is 2.86. The van der Waals surface area contributed by atoms with Crippen LogP contribution >= 0.6 is 11.3 Å². The van der Waals surface area contributed by atoms with Gasteiger partial charge >= 0.3 is 0 Å². The predicted molar refractivity (Wildman–Crippen MR) is 76.8 cm³/mol. The van der Waals surface area contributed by atoms with Crippen LogP contribution in [0.4, 0.5) is 0 Å². The molecule has 0 radical (unpaired) electrons. The molecule has 2 aromatic rings. The molecular weight excluding hydrogens is 290 g/mol. The Morgan fingerprint density at radius 1 is 1.29 bits per heavy atom. The summed E-state index contributed by atoms with van der Waals surface area (Å²) in [7, 11) is 1.62. The van der Waals surface area contributed by atoms with E-state index in [4.69, 9.17) is 4.74 Å². The van der Waals surface area contributed by atoms with Crippen molar-refractivity contribution < 1.29 is 9.53 Å². The van der Waals surface area contributed by atoms with Crippen LogP contribution in [0.3, 0.4) is 0 Å². The number of hydrogen-bond donors (Lipinski definition) is 0. The molecular formula is C13H17N5O2S. The number of aldehydes is 1. The van der Waals surface area contributed by atoms with Crippen molar-refractivity contribution in [3.05, 3.63) is 16.4 Å². The van der Waals surface area contributed by atoms with Crippen LogP contribution in [0, 0.1) is 0 Å². The van der Waals surface area contributed by atoms with E-state index in [1.54, 1.807) is 11.8 Å². The molecule has 7 nitrogen and oxygen atoms in total. The summed E-state index contributed by atoms with van der Waals surface area (Å²) in [5, 5.41) is 17.7. The number of carbonyl (C=O) groups is 1. The van der Waals surface area contributed by atoms with Crippen molar-refractivity contribution in [2.75, 3.05) is 7.11 Å². The van der Waals surface area contributed by atoms with Crippen LogP contribution in [0.25, 0.3) is 5.13 Å². The molecule has 0 amide bonds. The van der Waals surface area contributed by atoms with E-state index in [2.05, 4.69) is 20.5 Å². The van der Waals surface area contributed by atoms with Crippen LogP contribution < -0.4 is 0 Å². The largest absolute Gasteiger partial charge is 0.377 e. The van der Waals surface area contributed by atoms with Crippen molar-refractivity contribution >= 4 is 17.6 Å². The van der Waals surface area contributed by atoms with Crippen LogP contribution in [-0.4, -0.2) is 38.6 Å². The topological polar surface area (TPSA) is 82.8 Å². The highest BCUT2D eigenvalue weighted by Crippen LogP contribution is 2.34. The summed E-state index contributed by atoms with van der Waals surface area (Å²) in [6.45, 7) is 0.422. The molecule has 0 aromatic carbocycles. The van der Waals surface area contributed by atoms with E-state index < -0.39 is 0 Å². The molecule has 0 N–H and O–H groups in total. The number of rotatable bonds is 5. The fraction of sp³-hybridized carbons (Fsp3) is 0.615. The van der Waals surface area contributed by atoms with Crippen LogP contribution in [0.2, 0.25) is 0 Å². The fourth-order valence-corrected chi connectivity index (χ4v) is 3.57. The van der Waals surface area contributed by atoms with Gasteiger partial charge in [0.1, 0.15) is 17.3 Å². The predicted octanol–water partition coefficient (Wildman–Crippen LogP) is 2.13. The summed E-state index contributed by atoms with van der Waals surface area (Å²) in [6.07, 6.45) is 6.53. The van der Waals surface area contributed by atoms with Gasteiger partial charge in [0.15, 0.2) is 6.29 Å². The zero-order chi connectivity index (χ0) is 14.7. The average Bonchev–Trinajstić information content (AvgIpc) is 3.14. The Labute approximate surface area is 126 Å². The van der Waals surface area contributed by atoms with Crippen LogP contribution in [0.1, 0.15) is 59.2 Å². The van der Waals surface area contributed by atoms with Gasteiger partial charge in [-0.2, -0.15) is 4.68 Å². The third-order valence-corrected chi connectivity index (χ3v) is 4.61. The second kappa shape index (κ2) is 6.40. The molecule has 2 aromatic heterocycles. The summed E-state index contributed by atoms with van der Waals surface area (Å²) in [4.78, 5) is 11.3. The maximum atomic E-state index is 11.3. The monoisotopic (exact) mass is 307 g/mol. The van der Waals surface area contributed by atoms with Gasteiger partial charge in [-0.3, -0.25) is 4.79 Å². The van der Waals surface area contributed by atoms with E-state index in [0.717, 1.165) is 29.8 Å². The van der Waals surface area contributed by atoms with Crippen molar-refractivity contribution in [3.8, 4) is 5.13 Å². The first-order chi connectivity index (χ1) is 10.3. The number of ether oxygens (including phenoxy) is 1. The highest BCUT2D eigenvalue weighted by atomic mass is 32.1. The molecule has 0 bridgehead atoms.